The maximum absolute atomic E-state index is 6.46. The highest BCUT2D eigenvalue weighted by molar-refractivity contribution is 6.21. The number of para-hydroxylation sites is 1. The molecule has 0 bridgehead atoms. The molecule has 0 saturated carbocycles. The normalized spacial score (nSPS) is 11.9. The Morgan fingerprint density at radius 2 is 0.981 bits per heavy atom. The van der Waals surface area contributed by atoms with E-state index in [-0.39, 0.29) is 0 Å². The van der Waals surface area contributed by atoms with Crippen LogP contribution in [-0.2, 0) is 0 Å². The molecule has 2 heteroatoms. The van der Waals surface area contributed by atoms with Gasteiger partial charge in [-0.25, -0.2) is 0 Å². The van der Waals surface area contributed by atoms with Gasteiger partial charge in [0.05, 0.1) is 11.0 Å². The average Bonchev–Trinajstić information content (AvgIpc) is 3.72. The van der Waals surface area contributed by atoms with Crippen LogP contribution < -0.4 is 5.73 Å². The van der Waals surface area contributed by atoms with Crippen molar-refractivity contribution in [2.75, 3.05) is 5.73 Å². The van der Waals surface area contributed by atoms with Crippen molar-refractivity contribution in [2.24, 2.45) is 0 Å². The van der Waals surface area contributed by atoms with Gasteiger partial charge in [-0.3, -0.25) is 0 Å². The zero-order valence-corrected chi connectivity index (χ0v) is 29.6. The number of benzene rings is 9. The minimum absolute atomic E-state index is 0.740. The molecule has 0 radical (unpaired) electrons. The number of hydrogen-bond acceptors (Lipinski definition) is 1. The third-order valence-electron chi connectivity index (χ3n) is 11.4. The Bertz CT molecular complexity index is 3070. The lowest BCUT2D eigenvalue weighted by molar-refractivity contribution is 1.18. The van der Waals surface area contributed by atoms with E-state index in [0.29, 0.717) is 0 Å². The topological polar surface area (TPSA) is 30.9 Å². The van der Waals surface area contributed by atoms with Gasteiger partial charge < -0.3 is 10.3 Å². The Labute approximate surface area is 313 Å². The summed E-state index contributed by atoms with van der Waals surface area (Å²) in [7, 11) is 0. The first-order chi connectivity index (χ1) is 26.6. The molecule has 2 nitrogen and oxygen atoms in total. The van der Waals surface area contributed by atoms with Gasteiger partial charge in [0.1, 0.15) is 0 Å². The lowest BCUT2D eigenvalue weighted by Gasteiger charge is -2.14. The second-order valence-electron chi connectivity index (χ2n) is 14.4. The van der Waals surface area contributed by atoms with Gasteiger partial charge in [0.25, 0.3) is 0 Å². The summed E-state index contributed by atoms with van der Waals surface area (Å²) < 4.78 is 2.36. The summed E-state index contributed by atoms with van der Waals surface area (Å²) in [5, 5.41) is 7.40. The van der Waals surface area contributed by atoms with Crippen molar-refractivity contribution in [1.29, 1.82) is 0 Å². The Morgan fingerprint density at radius 1 is 0.407 bits per heavy atom. The molecule has 54 heavy (non-hydrogen) atoms. The fraction of sp³-hybridized carbons (Fsp3) is 0. The van der Waals surface area contributed by atoms with Gasteiger partial charge in [-0.2, -0.15) is 0 Å². The quantitative estimate of drug-likeness (QED) is 0.180. The van der Waals surface area contributed by atoms with Crippen molar-refractivity contribution in [1.82, 2.24) is 4.57 Å². The molecule has 0 unspecified atom stereocenters. The van der Waals surface area contributed by atoms with Crippen molar-refractivity contribution < 1.29 is 0 Å². The number of nitrogens with two attached hydrogens (primary N) is 1. The van der Waals surface area contributed by atoms with Gasteiger partial charge in [0, 0.05) is 22.1 Å². The maximum Gasteiger partial charge on any atom is 0.0548 e. The van der Waals surface area contributed by atoms with Crippen molar-refractivity contribution in [3.05, 3.63) is 188 Å². The van der Waals surface area contributed by atoms with Crippen LogP contribution >= 0.6 is 0 Å². The monoisotopic (exact) mass is 686 g/mol. The first-order valence-corrected chi connectivity index (χ1v) is 18.5. The molecule has 0 spiro atoms. The minimum atomic E-state index is 0.740. The lowest BCUT2D eigenvalue weighted by Crippen LogP contribution is -1.96. The number of rotatable bonds is 5. The number of aromatic nitrogens is 1. The largest absolute Gasteiger partial charge is 0.398 e. The van der Waals surface area contributed by atoms with Crippen LogP contribution in [0.2, 0.25) is 0 Å². The maximum atomic E-state index is 6.46. The molecule has 0 atom stereocenters. The predicted molar refractivity (Wildman–Crippen MR) is 231 cm³/mol. The SMILES string of the molecule is C=Cc1cc2c(cc1N)c1ccccc1n2-c1cccc(-c2ccc3c4c(cccc24)-c2cc4cc(-c5ccccc5)c(-c5ccccc5)cc4cc2-3)c1. The van der Waals surface area contributed by atoms with Crippen LogP contribution in [0.25, 0.3) is 111 Å². The van der Waals surface area contributed by atoms with Crippen LogP contribution in [-0.4, -0.2) is 4.57 Å². The fourth-order valence-corrected chi connectivity index (χ4v) is 8.93. The van der Waals surface area contributed by atoms with E-state index in [1.165, 1.54) is 82.6 Å². The van der Waals surface area contributed by atoms with Gasteiger partial charge in [-0.15, -0.1) is 0 Å². The molecule has 9 aromatic carbocycles. The Kier molecular flexibility index (Phi) is 6.59. The van der Waals surface area contributed by atoms with E-state index >= 15 is 0 Å². The number of nitrogen functional groups attached to an aromatic ring is 1. The van der Waals surface area contributed by atoms with E-state index in [1.54, 1.807) is 0 Å². The van der Waals surface area contributed by atoms with Gasteiger partial charge in [0.2, 0.25) is 0 Å². The summed E-state index contributed by atoms with van der Waals surface area (Å²) in [5.74, 6) is 0. The van der Waals surface area contributed by atoms with E-state index in [1.807, 2.05) is 6.08 Å². The summed E-state index contributed by atoms with van der Waals surface area (Å²) in [4.78, 5) is 0. The average molecular weight is 687 g/mol. The third kappa shape index (κ3) is 4.47. The van der Waals surface area contributed by atoms with E-state index in [2.05, 4.69) is 187 Å². The van der Waals surface area contributed by atoms with E-state index < -0.39 is 0 Å². The van der Waals surface area contributed by atoms with Crippen molar-refractivity contribution in [2.45, 2.75) is 0 Å². The number of anilines is 1. The molecule has 2 N–H and O–H groups in total. The first kappa shape index (κ1) is 30.5. The van der Waals surface area contributed by atoms with Crippen LogP contribution in [0, 0.1) is 0 Å². The van der Waals surface area contributed by atoms with Crippen molar-refractivity contribution in [3.63, 3.8) is 0 Å². The Balaban J connectivity index is 1.09. The molecule has 11 rings (SSSR count). The summed E-state index contributed by atoms with van der Waals surface area (Å²) in [5.41, 5.74) is 24.0. The molecular formula is C52H34N2. The summed E-state index contributed by atoms with van der Waals surface area (Å²) in [6, 6.07) is 64.3. The summed E-state index contributed by atoms with van der Waals surface area (Å²) in [6.07, 6.45) is 1.84. The van der Waals surface area contributed by atoms with E-state index in [4.69, 9.17) is 5.73 Å². The molecule has 1 aliphatic rings. The van der Waals surface area contributed by atoms with Gasteiger partial charge in [-0.1, -0.05) is 134 Å². The minimum Gasteiger partial charge on any atom is -0.398 e. The Hall–Kier alpha value is -7.16. The number of nitrogens with zero attached hydrogens (tertiary/aromatic N) is 1. The van der Waals surface area contributed by atoms with Crippen LogP contribution in [0.5, 0.6) is 0 Å². The zero-order valence-electron chi connectivity index (χ0n) is 29.6. The van der Waals surface area contributed by atoms with Gasteiger partial charge >= 0.3 is 0 Å². The predicted octanol–water partition coefficient (Wildman–Crippen LogP) is 14.0. The smallest absolute Gasteiger partial charge is 0.0548 e. The molecule has 1 aliphatic carbocycles. The summed E-state index contributed by atoms with van der Waals surface area (Å²) >= 11 is 0. The molecule has 252 valence electrons. The van der Waals surface area contributed by atoms with Gasteiger partial charge in [0.15, 0.2) is 0 Å². The highest BCUT2D eigenvalue weighted by Crippen LogP contribution is 2.51. The molecule has 0 saturated heterocycles. The first-order valence-electron chi connectivity index (χ1n) is 18.5. The molecular weight excluding hydrogens is 653 g/mol. The molecule has 1 aromatic heterocycles. The molecule has 0 aliphatic heterocycles. The van der Waals surface area contributed by atoms with Crippen LogP contribution in [0.15, 0.2) is 183 Å². The van der Waals surface area contributed by atoms with Crippen LogP contribution in [0.1, 0.15) is 5.56 Å². The molecule has 0 fully saturated rings. The van der Waals surface area contributed by atoms with Crippen LogP contribution in [0.3, 0.4) is 0 Å². The van der Waals surface area contributed by atoms with Crippen molar-refractivity contribution >= 4 is 55.1 Å². The van der Waals surface area contributed by atoms with Gasteiger partial charge in [-0.05, 0) is 137 Å². The third-order valence-corrected chi connectivity index (χ3v) is 11.4. The highest BCUT2D eigenvalue weighted by Gasteiger charge is 2.24. The number of hydrogen-bond donors (Lipinski definition) is 1. The van der Waals surface area contributed by atoms with Crippen LogP contribution in [0.4, 0.5) is 5.69 Å². The molecule has 1 heterocycles. The highest BCUT2D eigenvalue weighted by atomic mass is 15.0. The van der Waals surface area contributed by atoms with Crippen molar-refractivity contribution in [3.8, 4) is 61.3 Å². The Morgan fingerprint density at radius 3 is 1.69 bits per heavy atom. The standard InChI is InChI=1S/C52H34N2/c1-2-32-30-51-48(31-49(32)53)40-19-9-10-22-50(40)54(51)38-18-11-17-35(25-38)39-23-24-43-47-29-37-27-45(34-15-7-4-8-16-34)44(33-13-5-3-6-14-33)26-36(37)28-46(47)42-21-12-20-41(39)52(42)43/h2-31H,1,53H2. The van der Waals surface area contributed by atoms with E-state index in [0.717, 1.165) is 33.4 Å². The van der Waals surface area contributed by atoms with E-state index in [9.17, 15) is 0 Å². The second kappa shape index (κ2) is 11.7. The molecule has 0 amide bonds. The second-order valence-corrected chi connectivity index (χ2v) is 14.4. The fourth-order valence-electron chi connectivity index (χ4n) is 8.93. The zero-order chi connectivity index (χ0) is 35.9. The lowest BCUT2D eigenvalue weighted by atomic mass is 9.89. The molecule has 10 aromatic rings. The number of fused-ring (bicyclic) bond motifs is 7. The summed E-state index contributed by atoms with van der Waals surface area (Å²) in [6.45, 7) is 4.03.